The van der Waals surface area contributed by atoms with Crippen molar-refractivity contribution in [1.82, 2.24) is 0 Å². The highest BCUT2D eigenvalue weighted by Crippen LogP contribution is 2.37. The van der Waals surface area contributed by atoms with E-state index in [-0.39, 0.29) is 5.41 Å². The SMILES string of the molecule is C=C(C(=C)C(C)(C)/C(C)=C/CC)C(C)=N. The molecule has 0 atom stereocenters. The van der Waals surface area contributed by atoms with Crippen molar-refractivity contribution in [1.29, 1.82) is 5.41 Å². The van der Waals surface area contributed by atoms with Gasteiger partial charge in [0.1, 0.15) is 0 Å². The minimum absolute atomic E-state index is 0.102. The summed E-state index contributed by atoms with van der Waals surface area (Å²) in [6, 6.07) is 0. The summed E-state index contributed by atoms with van der Waals surface area (Å²) in [7, 11) is 0. The van der Waals surface area contributed by atoms with Gasteiger partial charge in [0.15, 0.2) is 0 Å². The molecule has 84 valence electrons. The van der Waals surface area contributed by atoms with Crippen LogP contribution in [0.2, 0.25) is 0 Å². The van der Waals surface area contributed by atoms with E-state index < -0.39 is 0 Å². The first kappa shape index (κ1) is 13.9. The monoisotopic (exact) mass is 205 g/mol. The molecule has 1 nitrogen and oxygen atoms in total. The van der Waals surface area contributed by atoms with Gasteiger partial charge in [0, 0.05) is 11.1 Å². The second-order valence-electron chi connectivity index (χ2n) is 4.50. The molecule has 0 aliphatic rings. The second kappa shape index (κ2) is 5.11. The van der Waals surface area contributed by atoms with Crippen molar-refractivity contribution in [3.05, 3.63) is 36.0 Å². The van der Waals surface area contributed by atoms with Crippen LogP contribution in [0.5, 0.6) is 0 Å². The quantitative estimate of drug-likeness (QED) is 0.387. The fourth-order valence-corrected chi connectivity index (χ4v) is 1.40. The summed E-state index contributed by atoms with van der Waals surface area (Å²) in [6.45, 7) is 18.2. The van der Waals surface area contributed by atoms with Gasteiger partial charge in [-0.05, 0) is 31.4 Å². The Bertz CT molecular complexity index is 316. The first-order chi connectivity index (χ1) is 6.75. The molecule has 0 aromatic carbocycles. The molecule has 0 rings (SSSR count). The molecule has 0 saturated heterocycles. The minimum Gasteiger partial charge on any atom is -0.305 e. The van der Waals surface area contributed by atoms with Gasteiger partial charge in [-0.25, -0.2) is 0 Å². The summed E-state index contributed by atoms with van der Waals surface area (Å²) < 4.78 is 0. The number of allylic oxidation sites excluding steroid dienone is 4. The van der Waals surface area contributed by atoms with Crippen LogP contribution >= 0.6 is 0 Å². The molecule has 0 aromatic rings. The van der Waals surface area contributed by atoms with Crippen molar-refractivity contribution < 1.29 is 0 Å². The molecule has 0 amide bonds. The zero-order valence-corrected chi connectivity index (χ0v) is 10.7. The average molecular weight is 205 g/mol. The van der Waals surface area contributed by atoms with Crippen molar-refractivity contribution in [2.24, 2.45) is 5.41 Å². The highest BCUT2D eigenvalue weighted by Gasteiger charge is 2.25. The summed E-state index contributed by atoms with van der Waals surface area (Å²) in [6.07, 6.45) is 3.23. The van der Waals surface area contributed by atoms with Crippen LogP contribution in [0.15, 0.2) is 36.0 Å². The number of rotatable bonds is 5. The molecule has 1 heteroatoms. The Balaban J connectivity index is 5.05. The summed E-state index contributed by atoms with van der Waals surface area (Å²) in [5.74, 6) is 0. The zero-order valence-electron chi connectivity index (χ0n) is 10.7. The fraction of sp³-hybridized carbons (Fsp3) is 0.500. The van der Waals surface area contributed by atoms with Gasteiger partial charge >= 0.3 is 0 Å². The molecule has 0 aliphatic carbocycles. The molecule has 15 heavy (non-hydrogen) atoms. The smallest absolute Gasteiger partial charge is 0.0352 e. The summed E-state index contributed by atoms with van der Waals surface area (Å²) >= 11 is 0. The minimum atomic E-state index is -0.102. The van der Waals surface area contributed by atoms with Crippen LogP contribution in [0.4, 0.5) is 0 Å². The summed E-state index contributed by atoms with van der Waals surface area (Å²) in [5.41, 5.74) is 3.38. The Kier molecular flexibility index (Phi) is 4.73. The molecule has 0 radical (unpaired) electrons. The molecule has 0 fully saturated rings. The van der Waals surface area contributed by atoms with Crippen LogP contribution in [-0.4, -0.2) is 5.71 Å². The lowest BCUT2D eigenvalue weighted by Crippen LogP contribution is -2.19. The Morgan fingerprint density at radius 2 is 1.73 bits per heavy atom. The summed E-state index contributed by atoms with van der Waals surface area (Å²) in [5, 5.41) is 7.57. The van der Waals surface area contributed by atoms with E-state index in [1.165, 1.54) is 5.57 Å². The number of hydrogen-bond donors (Lipinski definition) is 1. The maximum absolute atomic E-state index is 7.57. The van der Waals surface area contributed by atoms with Gasteiger partial charge in [-0.15, -0.1) is 0 Å². The van der Waals surface area contributed by atoms with Crippen molar-refractivity contribution in [3.63, 3.8) is 0 Å². The van der Waals surface area contributed by atoms with Gasteiger partial charge in [-0.2, -0.15) is 0 Å². The first-order valence-corrected chi connectivity index (χ1v) is 5.36. The first-order valence-electron chi connectivity index (χ1n) is 5.36. The molecular weight excluding hydrogens is 182 g/mol. The maximum atomic E-state index is 7.57. The van der Waals surface area contributed by atoms with E-state index >= 15 is 0 Å². The normalized spacial score (nSPS) is 12.5. The Hall–Kier alpha value is -1.11. The Morgan fingerprint density at radius 1 is 1.27 bits per heavy atom. The predicted octanol–water partition coefficient (Wildman–Crippen LogP) is 4.52. The Labute approximate surface area is 94.1 Å². The molecule has 0 unspecified atom stereocenters. The average Bonchev–Trinajstić information content (AvgIpc) is 2.15. The number of hydrogen-bond acceptors (Lipinski definition) is 1. The van der Waals surface area contributed by atoms with Crippen LogP contribution in [0.3, 0.4) is 0 Å². The van der Waals surface area contributed by atoms with E-state index in [1.807, 2.05) is 0 Å². The topological polar surface area (TPSA) is 23.9 Å². The van der Waals surface area contributed by atoms with Gasteiger partial charge in [0.2, 0.25) is 0 Å². The second-order valence-corrected chi connectivity index (χ2v) is 4.50. The van der Waals surface area contributed by atoms with Gasteiger partial charge in [-0.3, -0.25) is 0 Å². The molecule has 1 N–H and O–H groups in total. The highest BCUT2D eigenvalue weighted by molar-refractivity contribution is 5.99. The van der Waals surface area contributed by atoms with E-state index in [0.29, 0.717) is 5.71 Å². The van der Waals surface area contributed by atoms with Crippen molar-refractivity contribution >= 4 is 5.71 Å². The van der Waals surface area contributed by atoms with E-state index in [9.17, 15) is 0 Å². The van der Waals surface area contributed by atoms with Gasteiger partial charge < -0.3 is 5.41 Å². The molecule has 0 bridgehead atoms. The highest BCUT2D eigenvalue weighted by atomic mass is 14.4. The van der Waals surface area contributed by atoms with Crippen molar-refractivity contribution in [2.45, 2.75) is 41.0 Å². The lowest BCUT2D eigenvalue weighted by atomic mass is 9.75. The lowest BCUT2D eigenvalue weighted by molar-refractivity contribution is 0.548. The van der Waals surface area contributed by atoms with Crippen molar-refractivity contribution in [2.75, 3.05) is 0 Å². The van der Waals surface area contributed by atoms with Crippen LogP contribution in [0, 0.1) is 10.8 Å². The van der Waals surface area contributed by atoms with Crippen LogP contribution in [0.25, 0.3) is 0 Å². The van der Waals surface area contributed by atoms with E-state index in [0.717, 1.165) is 17.6 Å². The molecule has 0 spiro atoms. The van der Waals surface area contributed by atoms with Gasteiger partial charge in [-0.1, -0.05) is 45.6 Å². The van der Waals surface area contributed by atoms with Gasteiger partial charge in [0.05, 0.1) is 0 Å². The van der Waals surface area contributed by atoms with Gasteiger partial charge in [0.25, 0.3) is 0 Å². The number of nitrogens with one attached hydrogen (secondary N) is 1. The van der Waals surface area contributed by atoms with Crippen LogP contribution in [-0.2, 0) is 0 Å². The van der Waals surface area contributed by atoms with E-state index in [2.05, 4.69) is 46.9 Å². The third-order valence-electron chi connectivity index (χ3n) is 3.07. The maximum Gasteiger partial charge on any atom is 0.0352 e. The summed E-state index contributed by atoms with van der Waals surface area (Å²) in [4.78, 5) is 0. The largest absolute Gasteiger partial charge is 0.305 e. The van der Waals surface area contributed by atoms with E-state index in [4.69, 9.17) is 5.41 Å². The Morgan fingerprint density at radius 3 is 2.07 bits per heavy atom. The van der Waals surface area contributed by atoms with E-state index in [1.54, 1.807) is 6.92 Å². The molecule has 0 aromatic heterocycles. The van der Waals surface area contributed by atoms with Crippen LogP contribution in [0.1, 0.15) is 41.0 Å². The van der Waals surface area contributed by atoms with Crippen molar-refractivity contribution in [3.8, 4) is 0 Å². The molecule has 0 aliphatic heterocycles. The molecular formula is C14H23N. The fourth-order valence-electron chi connectivity index (χ4n) is 1.40. The molecule has 0 heterocycles. The zero-order chi connectivity index (χ0) is 12.2. The third-order valence-corrected chi connectivity index (χ3v) is 3.07. The predicted molar refractivity (Wildman–Crippen MR) is 69.5 cm³/mol. The van der Waals surface area contributed by atoms with Crippen LogP contribution < -0.4 is 0 Å². The third kappa shape index (κ3) is 3.19. The standard InChI is InChI=1S/C14H23N/c1-8-9-10(2)14(6,7)12(4)11(3)13(5)15/h9,15H,3-4,8H2,1-2,5-7H3/b10-9+,15-13?. The molecule has 0 saturated carbocycles. The lowest BCUT2D eigenvalue weighted by Gasteiger charge is -2.30.